The summed E-state index contributed by atoms with van der Waals surface area (Å²) in [5.74, 6) is 0.538. The number of hydrogen-bond donors (Lipinski definition) is 1. The van der Waals surface area contributed by atoms with E-state index in [1.165, 1.54) is 4.90 Å². The van der Waals surface area contributed by atoms with E-state index >= 15 is 0 Å². The molecular weight excluding hydrogens is 405 g/mol. The Kier molecular flexibility index (Phi) is 6.68. The van der Waals surface area contributed by atoms with Crippen LogP contribution in [0.5, 0.6) is 5.75 Å². The van der Waals surface area contributed by atoms with Gasteiger partial charge in [0.1, 0.15) is 11.3 Å². The van der Waals surface area contributed by atoms with Crippen molar-refractivity contribution in [3.8, 4) is 5.75 Å². The Morgan fingerprint density at radius 1 is 1.03 bits per heavy atom. The van der Waals surface area contributed by atoms with Crippen molar-refractivity contribution < 1.29 is 17.9 Å². The molecule has 1 heterocycles. The topological polar surface area (TPSA) is 50.3 Å². The molecule has 5 nitrogen and oxygen atoms in total. The van der Waals surface area contributed by atoms with Crippen LogP contribution in [0.1, 0.15) is 31.9 Å². The zero-order chi connectivity index (χ0) is 22.6. The molecule has 0 aliphatic rings. The summed E-state index contributed by atoms with van der Waals surface area (Å²) in [7, 11) is 1.56. The molecule has 3 aromatic rings. The first-order chi connectivity index (χ1) is 14.7. The number of benzene rings is 2. The van der Waals surface area contributed by atoms with Gasteiger partial charge >= 0.3 is 6.18 Å². The van der Waals surface area contributed by atoms with Crippen LogP contribution in [0, 0.1) is 0 Å². The molecule has 0 spiro atoms. The van der Waals surface area contributed by atoms with Gasteiger partial charge in [-0.15, -0.1) is 0 Å². The van der Waals surface area contributed by atoms with Gasteiger partial charge in [-0.05, 0) is 62.2 Å². The number of aryl methyl sites for hydroxylation is 1. The monoisotopic (exact) mass is 430 g/mol. The highest BCUT2D eigenvalue weighted by atomic mass is 19.4. The lowest BCUT2D eigenvalue weighted by Crippen LogP contribution is -2.19. The molecule has 3 rings (SSSR count). The Labute approximate surface area is 179 Å². The number of rotatable bonds is 7. The van der Waals surface area contributed by atoms with Gasteiger partial charge < -0.3 is 15.0 Å². The minimum absolute atomic E-state index is 0.0431. The predicted octanol–water partition coefficient (Wildman–Crippen LogP) is 6.36. The van der Waals surface area contributed by atoms with E-state index in [9.17, 15) is 13.2 Å². The summed E-state index contributed by atoms with van der Waals surface area (Å²) in [6.45, 7) is 5.87. The van der Waals surface area contributed by atoms with Crippen LogP contribution in [0.2, 0.25) is 0 Å². The van der Waals surface area contributed by atoms with Gasteiger partial charge in [-0.1, -0.05) is 19.1 Å². The lowest BCUT2D eigenvalue weighted by Gasteiger charge is -2.23. The first-order valence-electron chi connectivity index (χ1n) is 9.98. The third kappa shape index (κ3) is 5.65. The van der Waals surface area contributed by atoms with Crippen LogP contribution >= 0.6 is 0 Å². The number of alkyl halides is 3. The molecule has 0 aliphatic carbocycles. The van der Waals surface area contributed by atoms with Crippen LogP contribution in [-0.4, -0.2) is 23.1 Å². The van der Waals surface area contributed by atoms with Crippen molar-refractivity contribution in [2.24, 2.45) is 0 Å². The van der Waals surface area contributed by atoms with E-state index in [0.717, 1.165) is 18.2 Å². The summed E-state index contributed by atoms with van der Waals surface area (Å²) in [4.78, 5) is 9.46. The quantitative estimate of drug-likeness (QED) is 0.473. The smallest absolute Gasteiger partial charge is 0.421 e. The lowest BCUT2D eigenvalue weighted by molar-refractivity contribution is -0.137. The van der Waals surface area contributed by atoms with Gasteiger partial charge in [0.15, 0.2) is 5.82 Å². The van der Waals surface area contributed by atoms with Crippen LogP contribution in [0.4, 0.5) is 36.3 Å². The van der Waals surface area contributed by atoms with Gasteiger partial charge in [0.2, 0.25) is 5.95 Å². The number of nitrogens with zero attached hydrogens (tertiary/aromatic N) is 3. The fraction of sp³-hybridized carbons (Fsp3) is 0.304. The molecular formula is C23H25F3N4O. The minimum Gasteiger partial charge on any atom is -0.491 e. The van der Waals surface area contributed by atoms with Crippen LogP contribution in [-0.2, 0) is 12.6 Å². The van der Waals surface area contributed by atoms with E-state index < -0.39 is 11.7 Å². The molecule has 2 aromatic carbocycles. The van der Waals surface area contributed by atoms with Gasteiger partial charge in [0.05, 0.1) is 6.10 Å². The summed E-state index contributed by atoms with van der Waals surface area (Å²) in [5.41, 5.74) is 1.43. The third-order valence-electron chi connectivity index (χ3n) is 4.61. The summed E-state index contributed by atoms with van der Waals surface area (Å²) in [6.07, 6.45) is -2.89. The molecule has 0 unspecified atom stereocenters. The molecule has 31 heavy (non-hydrogen) atoms. The van der Waals surface area contributed by atoms with Crippen molar-refractivity contribution >= 4 is 23.1 Å². The summed E-state index contributed by atoms with van der Waals surface area (Å²) < 4.78 is 46.4. The SMILES string of the molecule is CCc1ccc(N(C)c2nc(Nc3ccc(OC(C)C)cc3)ncc2C(F)(F)F)cc1. The average molecular weight is 430 g/mol. The molecule has 8 heteroatoms. The molecule has 0 radical (unpaired) electrons. The molecule has 1 N–H and O–H groups in total. The fourth-order valence-corrected chi connectivity index (χ4v) is 2.98. The minimum atomic E-state index is -4.58. The number of hydrogen-bond acceptors (Lipinski definition) is 5. The maximum absolute atomic E-state index is 13.6. The molecule has 0 aliphatic heterocycles. The Morgan fingerprint density at radius 3 is 2.23 bits per heavy atom. The van der Waals surface area contributed by atoms with Gasteiger partial charge in [-0.3, -0.25) is 0 Å². The highest BCUT2D eigenvalue weighted by molar-refractivity contribution is 5.65. The van der Waals surface area contributed by atoms with E-state index in [1.54, 1.807) is 43.4 Å². The molecule has 0 amide bonds. The molecule has 164 valence electrons. The second-order valence-corrected chi connectivity index (χ2v) is 7.32. The number of aromatic nitrogens is 2. The molecule has 1 aromatic heterocycles. The second kappa shape index (κ2) is 9.24. The predicted molar refractivity (Wildman–Crippen MR) is 116 cm³/mol. The van der Waals surface area contributed by atoms with Gasteiger partial charge in [-0.2, -0.15) is 18.2 Å². The second-order valence-electron chi connectivity index (χ2n) is 7.32. The average Bonchev–Trinajstić information content (AvgIpc) is 2.73. The highest BCUT2D eigenvalue weighted by Gasteiger charge is 2.36. The maximum Gasteiger partial charge on any atom is 0.421 e. The number of nitrogens with one attached hydrogen (secondary N) is 1. The zero-order valence-corrected chi connectivity index (χ0v) is 17.9. The van der Waals surface area contributed by atoms with E-state index in [4.69, 9.17) is 4.74 Å². The number of ether oxygens (including phenoxy) is 1. The molecule has 0 fully saturated rings. The van der Waals surface area contributed by atoms with Crippen LogP contribution < -0.4 is 15.0 Å². The first kappa shape index (κ1) is 22.4. The van der Waals surface area contributed by atoms with Gasteiger partial charge in [0.25, 0.3) is 0 Å². The van der Waals surface area contributed by atoms with Crippen LogP contribution in [0.3, 0.4) is 0 Å². The van der Waals surface area contributed by atoms with Gasteiger partial charge in [-0.25, -0.2) is 4.98 Å². The van der Waals surface area contributed by atoms with E-state index in [-0.39, 0.29) is 17.9 Å². The molecule has 0 saturated heterocycles. The summed E-state index contributed by atoms with van der Waals surface area (Å²) in [6, 6.07) is 14.4. The van der Waals surface area contributed by atoms with Crippen molar-refractivity contribution in [1.82, 2.24) is 9.97 Å². The van der Waals surface area contributed by atoms with Crippen molar-refractivity contribution in [3.05, 3.63) is 65.9 Å². The number of halogens is 3. The van der Waals surface area contributed by atoms with Gasteiger partial charge in [0, 0.05) is 24.6 Å². The first-order valence-corrected chi connectivity index (χ1v) is 9.98. The highest BCUT2D eigenvalue weighted by Crippen LogP contribution is 2.37. The van der Waals surface area contributed by atoms with Crippen molar-refractivity contribution in [2.45, 2.75) is 39.5 Å². The lowest BCUT2D eigenvalue weighted by atomic mass is 10.1. The molecule has 0 atom stereocenters. The normalized spacial score (nSPS) is 11.5. The van der Waals surface area contributed by atoms with E-state index in [1.807, 2.05) is 32.9 Å². The Morgan fingerprint density at radius 2 is 1.68 bits per heavy atom. The zero-order valence-electron chi connectivity index (χ0n) is 17.9. The van der Waals surface area contributed by atoms with Crippen molar-refractivity contribution in [2.75, 3.05) is 17.3 Å². The van der Waals surface area contributed by atoms with Crippen LogP contribution in [0.25, 0.3) is 0 Å². The van der Waals surface area contributed by atoms with E-state index in [0.29, 0.717) is 17.1 Å². The van der Waals surface area contributed by atoms with E-state index in [2.05, 4.69) is 15.3 Å². The Balaban J connectivity index is 1.91. The Bertz CT molecular complexity index is 1000. The fourth-order valence-electron chi connectivity index (χ4n) is 2.98. The van der Waals surface area contributed by atoms with Crippen LogP contribution in [0.15, 0.2) is 54.7 Å². The largest absolute Gasteiger partial charge is 0.491 e. The van der Waals surface area contributed by atoms with Crippen molar-refractivity contribution in [3.63, 3.8) is 0 Å². The summed E-state index contributed by atoms with van der Waals surface area (Å²) in [5, 5.41) is 2.96. The van der Waals surface area contributed by atoms with Crippen molar-refractivity contribution in [1.29, 1.82) is 0 Å². The molecule has 0 bridgehead atoms. The number of anilines is 4. The maximum atomic E-state index is 13.6. The summed E-state index contributed by atoms with van der Waals surface area (Å²) >= 11 is 0. The molecule has 0 saturated carbocycles. The standard InChI is InChI=1S/C23H25F3N4O/c1-5-16-6-10-18(11-7-16)30(4)21-20(23(24,25)26)14-27-22(29-21)28-17-8-12-19(13-9-17)31-15(2)3/h6-15H,5H2,1-4H3,(H,27,28,29). The Hall–Kier alpha value is -3.29. The third-order valence-corrected chi connectivity index (χ3v) is 4.61.